The molecule has 0 aliphatic rings. The molecule has 5 nitrogen and oxygen atoms in total. The quantitative estimate of drug-likeness (QED) is 0.792. The number of anilines is 1. The lowest BCUT2D eigenvalue weighted by Gasteiger charge is -2.15. The van der Waals surface area contributed by atoms with E-state index in [1.54, 1.807) is 7.05 Å². The molecular formula is C10H10N4O. The Balaban J connectivity index is 2.23. The van der Waals surface area contributed by atoms with Crippen molar-refractivity contribution in [3.05, 3.63) is 42.2 Å². The third-order valence-corrected chi connectivity index (χ3v) is 2.08. The average Bonchev–Trinajstić information content (AvgIpc) is 2.82. The van der Waals surface area contributed by atoms with Crippen LogP contribution in [0.15, 0.2) is 36.5 Å². The van der Waals surface area contributed by atoms with Crippen molar-refractivity contribution in [1.29, 1.82) is 0 Å². The fourth-order valence-corrected chi connectivity index (χ4v) is 1.25. The van der Waals surface area contributed by atoms with E-state index in [-0.39, 0.29) is 5.91 Å². The van der Waals surface area contributed by atoms with E-state index in [4.69, 9.17) is 0 Å². The number of aromatic nitrogens is 3. The first-order valence-electron chi connectivity index (χ1n) is 4.48. The first-order valence-corrected chi connectivity index (χ1v) is 4.48. The van der Waals surface area contributed by atoms with Gasteiger partial charge >= 0.3 is 0 Å². The van der Waals surface area contributed by atoms with E-state index in [2.05, 4.69) is 15.4 Å². The SMILES string of the molecule is CN(C(=O)c1cn[nH]n1)c1ccccc1. The Labute approximate surface area is 86.7 Å². The topological polar surface area (TPSA) is 61.9 Å². The van der Waals surface area contributed by atoms with E-state index >= 15 is 0 Å². The van der Waals surface area contributed by atoms with Crippen LogP contribution in [0.4, 0.5) is 5.69 Å². The molecule has 0 aliphatic carbocycles. The fourth-order valence-electron chi connectivity index (χ4n) is 1.25. The van der Waals surface area contributed by atoms with Crippen LogP contribution in [0.25, 0.3) is 0 Å². The van der Waals surface area contributed by atoms with Gasteiger partial charge in [0.1, 0.15) is 0 Å². The van der Waals surface area contributed by atoms with E-state index in [1.807, 2.05) is 30.3 Å². The molecular weight excluding hydrogens is 192 g/mol. The molecule has 1 heterocycles. The van der Waals surface area contributed by atoms with E-state index in [9.17, 15) is 4.79 Å². The standard InChI is InChI=1S/C10H10N4O/c1-14(8-5-3-2-4-6-8)10(15)9-7-11-13-12-9/h2-7H,1H3,(H,11,12,13). The predicted molar refractivity (Wildman–Crippen MR) is 55.6 cm³/mol. The largest absolute Gasteiger partial charge is 0.310 e. The van der Waals surface area contributed by atoms with Crippen molar-refractivity contribution in [3.8, 4) is 0 Å². The van der Waals surface area contributed by atoms with Crippen molar-refractivity contribution in [3.63, 3.8) is 0 Å². The minimum Gasteiger partial charge on any atom is -0.310 e. The van der Waals surface area contributed by atoms with Gasteiger partial charge in [0.2, 0.25) is 0 Å². The maximum absolute atomic E-state index is 11.8. The Morgan fingerprint density at radius 3 is 2.67 bits per heavy atom. The van der Waals surface area contributed by atoms with Crippen LogP contribution >= 0.6 is 0 Å². The fraction of sp³-hybridized carbons (Fsp3) is 0.100. The molecule has 0 atom stereocenters. The van der Waals surface area contributed by atoms with Gasteiger partial charge in [-0.3, -0.25) is 4.79 Å². The summed E-state index contributed by atoms with van der Waals surface area (Å²) in [7, 11) is 1.70. The summed E-state index contributed by atoms with van der Waals surface area (Å²) in [5.74, 6) is -0.185. The van der Waals surface area contributed by atoms with E-state index in [0.29, 0.717) is 5.69 Å². The Hall–Kier alpha value is -2.17. The molecule has 0 saturated carbocycles. The number of carbonyl (C=O) groups is 1. The van der Waals surface area contributed by atoms with E-state index in [0.717, 1.165) is 5.69 Å². The minimum absolute atomic E-state index is 0.185. The van der Waals surface area contributed by atoms with Crippen LogP contribution < -0.4 is 4.90 Å². The van der Waals surface area contributed by atoms with Gasteiger partial charge in [0, 0.05) is 12.7 Å². The summed E-state index contributed by atoms with van der Waals surface area (Å²) in [4.78, 5) is 13.3. The molecule has 1 aromatic heterocycles. The van der Waals surface area contributed by atoms with Crippen LogP contribution in [0.1, 0.15) is 10.5 Å². The Kier molecular flexibility index (Phi) is 2.45. The number of benzene rings is 1. The molecule has 1 N–H and O–H groups in total. The predicted octanol–water partition coefficient (Wildman–Crippen LogP) is 1.08. The highest BCUT2D eigenvalue weighted by Gasteiger charge is 2.15. The zero-order valence-electron chi connectivity index (χ0n) is 8.21. The molecule has 76 valence electrons. The van der Waals surface area contributed by atoms with Gasteiger partial charge in [-0.05, 0) is 12.1 Å². The Morgan fingerprint density at radius 2 is 2.07 bits per heavy atom. The molecule has 0 unspecified atom stereocenters. The maximum Gasteiger partial charge on any atom is 0.280 e. The Bertz CT molecular complexity index is 438. The summed E-state index contributed by atoms with van der Waals surface area (Å²) in [5, 5.41) is 9.74. The van der Waals surface area contributed by atoms with E-state index in [1.165, 1.54) is 11.1 Å². The number of nitrogens with zero attached hydrogens (tertiary/aromatic N) is 3. The third-order valence-electron chi connectivity index (χ3n) is 2.08. The van der Waals surface area contributed by atoms with Crippen LogP contribution in [0.5, 0.6) is 0 Å². The second-order valence-corrected chi connectivity index (χ2v) is 3.05. The summed E-state index contributed by atoms with van der Waals surface area (Å²) in [6.07, 6.45) is 1.40. The second kappa shape index (κ2) is 3.91. The molecule has 2 rings (SSSR count). The van der Waals surface area contributed by atoms with Crippen molar-refractivity contribution < 1.29 is 4.79 Å². The summed E-state index contributed by atoms with van der Waals surface area (Å²) in [5.41, 5.74) is 1.13. The highest BCUT2D eigenvalue weighted by molar-refractivity contribution is 6.04. The summed E-state index contributed by atoms with van der Waals surface area (Å²) < 4.78 is 0. The molecule has 15 heavy (non-hydrogen) atoms. The number of carbonyl (C=O) groups excluding carboxylic acids is 1. The zero-order valence-corrected chi connectivity index (χ0v) is 8.21. The summed E-state index contributed by atoms with van der Waals surface area (Å²) in [6.45, 7) is 0. The van der Waals surface area contributed by atoms with Crippen LogP contribution in [0.3, 0.4) is 0 Å². The molecule has 0 bridgehead atoms. The number of H-pyrrole nitrogens is 1. The van der Waals surface area contributed by atoms with Gasteiger partial charge in [-0.15, -0.1) is 0 Å². The number of amides is 1. The number of aromatic amines is 1. The van der Waals surface area contributed by atoms with Gasteiger partial charge in [-0.2, -0.15) is 15.4 Å². The summed E-state index contributed by atoms with van der Waals surface area (Å²) >= 11 is 0. The molecule has 2 aromatic rings. The molecule has 0 aliphatic heterocycles. The normalized spacial score (nSPS) is 9.93. The number of hydrogen-bond acceptors (Lipinski definition) is 3. The molecule has 1 aromatic carbocycles. The molecule has 1 amide bonds. The smallest absolute Gasteiger partial charge is 0.280 e. The first-order chi connectivity index (χ1) is 7.29. The monoisotopic (exact) mass is 202 g/mol. The number of nitrogens with one attached hydrogen (secondary N) is 1. The van der Waals surface area contributed by atoms with Crippen molar-refractivity contribution >= 4 is 11.6 Å². The molecule has 0 radical (unpaired) electrons. The molecule has 0 saturated heterocycles. The first kappa shape index (κ1) is 9.39. The van der Waals surface area contributed by atoms with Crippen LogP contribution in [-0.4, -0.2) is 28.4 Å². The maximum atomic E-state index is 11.8. The van der Waals surface area contributed by atoms with Crippen LogP contribution in [0.2, 0.25) is 0 Å². The second-order valence-electron chi connectivity index (χ2n) is 3.05. The molecule has 0 fully saturated rings. The number of hydrogen-bond donors (Lipinski definition) is 1. The van der Waals surface area contributed by atoms with Crippen molar-refractivity contribution in [2.24, 2.45) is 0 Å². The summed E-state index contributed by atoms with van der Waals surface area (Å²) in [6, 6.07) is 9.37. The number of para-hydroxylation sites is 1. The van der Waals surface area contributed by atoms with Gasteiger partial charge in [-0.25, -0.2) is 0 Å². The van der Waals surface area contributed by atoms with Gasteiger partial charge in [0.15, 0.2) is 5.69 Å². The van der Waals surface area contributed by atoms with Crippen molar-refractivity contribution in [2.45, 2.75) is 0 Å². The van der Waals surface area contributed by atoms with Crippen LogP contribution in [0, 0.1) is 0 Å². The zero-order chi connectivity index (χ0) is 10.7. The minimum atomic E-state index is -0.185. The third kappa shape index (κ3) is 1.85. The Morgan fingerprint density at radius 1 is 1.33 bits per heavy atom. The van der Waals surface area contributed by atoms with Crippen LogP contribution in [-0.2, 0) is 0 Å². The highest BCUT2D eigenvalue weighted by Crippen LogP contribution is 2.12. The van der Waals surface area contributed by atoms with Gasteiger partial charge in [0.05, 0.1) is 6.20 Å². The number of rotatable bonds is 2. The van der Waals surface area contributed by atoms with Gasteiger partial charge in [0.25, 0.3) is 5.91 Å². The highest BCUT2D eigenvalue weighted by atomic mass is 16.2. The van der Waals surface area contributed by atoms with Gasteiger partial charge < -0.3 is 4.90 Å². The lowest BCUT2D eigenvalue weighted by molar-refractivity contribution is 0.0988. The van der Waals surface area contributed by atoms with Crippen molar-refractivity contribution in [1.82, 2.24) is 15.4 Å². The average molecular weight is 202 g/mol. The molecule has 5 heteroatoms. The van der Waals surface area contributed by atoms with E-state index < -0.39 is 0 Å². The lowest BCUT2D eigenvalue weighted by Crippen LogP contribution is -2.26. The lowest BCUT2D eigenvalue weighted by atomic mass is 10.3. The van der Waals surface area contributed by atoms with Crippen molar-refractivity contribution in [2.75, 3.05) is 11.9 Å². The van der Waals surface area contributed by atoms with Gasteiger partial charge in [-0.1, -0.05) is 18.2 Å². The molecule has 0 spiro atoms.